The molecule has 2 aromatic heterocycles. The maximum Gasteiger partial charge on any atom is 0.421 e. The van der Waals surface area contributed by atoms with Crippen LogP contribution in [0.25, 0.3) is 11.2 Å². The average molecular weight is 193 g/mol. The molecule has 2 rings (SSSR count). The Bertz CT molecular complexity index is 498. The van der Waals surface area contributed by atoms with E-state index in [0.29, 0.717) is 17.8 Å². The quantitative estimate of drug-likeness (QED) is 0.746. The third-order valence-electron chi connectivity index (χ3n) is 1.89. The molecule has 0 aliphatic carbocycles. The zero-order valence-electron chi connectivity index (χ0n) is 7.80. The molecule has 0 aromatic carbocycles. The number of hydrogen-bond donors (Lipinski definition) is 1. The summed E-state index contributed by atoms with van der Waals surface area (Å²) in [6.45, 7) is 2.25. The topological polar surface area (TPSA) is 74.0 Å². The SMILES string of the molecule is C[C@@H](N)Cn1c(=O)oc2cccnc21. The minimum atomic E-state index is -0.406. The number of pyridine rings is 1. The molecule has 2 N–H and O–H groups in total. The van der Waals surface area contributed by atoms with Gasteiger partial charge < -0.3 is 10.2 Å². The van der Waals surface area contributed by atoms with E-state index in [9.17, 15) is 4.79 Å². The van der Waals surface area contributed by atoms with Crippen LogP contribution in [-0.4, -0.2) is 15.6 Å². The van der Waals surface area contributed by atoms with E-state index in [1.807, 2.05) is 6.92 Å². The van der Waals surface area contributed by atoms with Crippen LogP contribution in [-0.2, 0) is 6.54 Å². The standard InChI is InChI=1S/C9H11N3O2/c1-6(10)5-12-8-7(14-9(12)13)3-2-4-11-8/h2-4,6H,5,10H2,1H3/t6-/m1/s1. The maximum absolute atomic E-state index is 11.4. The number of nitrogens with two attached hydrogens (primary N) is 1. The van der Waals surface area contributed by atoms with Gasteiger partial charge in [-0.05, 0) is 19.1 Å². The van der Waals surface area contributed by atoms with Crippen molar-refractivity contribution in [2.24, 2.45) is 5.73 Å². The average Bonchev–Trinajstić information content (AvgIpc) is 2.43. The summed E-state index contributed by atoms with van der Waals surface area (Å²) in [7, 11) is 0. The van der Waals surface area contributed by atoms with Crippen LogP contribution in [0.5, 0.6) is 0 Å². The van der Waals surface area contributed by atoms with Gasteiger partial charge in [0.25, 0.3) is 0 Å². The fraction of sp³-hybridized carbons (Fsp3) is 0.333. The second kappa shape index (κ2) is 3.26. The van der Waals surface area contributed by atoms with Crippen molar-refractivity contribution in [2.45, 2.75) is 19.5 Å². The molecule has 14 heavy (non-hydrogen) atoms. The first-order valence-corrected chi connectivity index (χ1v) is 4.38. The Hall–Kier alpha value is -1.62. The number of nitrogens with zero attached hydrogens (tertiary/aromatic N) is 2. The van der Waals surface area contributed by atoms with E-state index >= 15 is 0 Å². The van der Waals surface area contributed by atoms with Crippen LogP contribution in [0.2, 0.25) is 0 Å². The first kappa shape index (κ1) is 8.96. The van der Waals surface area contributed by atoms with Crippen LogP contribution in [0.15, 0.2) is 27.5 Å². The monoisotopic (exact) mass is 193 g/mol. The van der Waals surface area contributed by atoms with E-state index in [1.165, 1.54) is 4.57 Å². The molecule has 2 aromatic rings. The van der Waals surface area contributed by atoms with Crippen LogP contribution in [0.3, 0.4) is 0 Å². The molecule has 0 aliphatic heterocycles. The van der Waals surface area contributed by atoms with Crippen molar-refractivity contribution < 1.29 is 4.42 Å². The lowest BCUT2D eigenvalue weighted by Crippen LogP contribution is -2.27. The number of oxazole rings is 1. The van der Waals surface area contributed by atoms with E-state index in [2.05, 4.69) is 4.98 Å². The summed E-state index contributed by atoms with van der Waals surface area (Å²) in [6.07, 6.45) is 1.62. The van der Waals surface area contributed by atoms with E-state index in [4.69, 9.17) is 10.2 Å². The molecule has 0 saturated carbocycles. The molecule has 0 aliphatic rings. The Morgan fingerprint density at radius 3 is 3.21 bits per heavy atom. The van der Waals surface area contributed by atoms with Crippen molar-refractivity contribution in [3.05, 3.63) is 28.9 Å². The number of rotatable bonds is 2. The summed E-state index contributed by atoms with van der Waals surface area (Å²) in [5, 5.41) is 0. The van der Waals surface area contributed by atoms with Crippen molar-refractivity contribution in [3.63, 3.8) is 0 Å². The van der Waals surface area contributed by atoms with Crippen molar-refractivity contribution >= 4 is 11.2 Å². The normalized spacial score (nSPS) is 13.3. The maximum atomic E-state index is 11.4. The predicted octanol–water partition coefficient (Wildman–Crippen LogP) is 0.337. The zero-order chi connectivity index (χ0) is 10.1. The minimum absolute atomic E-state index is 0.101. The third kappa shape index (κ3) is 1.42. The summed E-state index contributed by atoms with van der Waals surface area (Å²) < 4.78 is 6.43. The van der Waals surface area contributed by atoms with Gasteiger partial charge in [-0.25, -0.2) is 9.78 Å². The van der Waals surface area contributed by atoms with Crippen LogP contribution in [0.1, 0.15) is 6.92 Å². The largest absolute Gasteiger partial charge is 0.421 e. The molecule has 1 atom stereocenters. The lowest BCUT2D eigenvalue weighted by Gasteiger charge is -2.03. The van der Waals surface area contributed by atoms with Crippen molar-refractivity contribution in [1.29, 1.82) is 0 Å². The predicted molar refractivity (Wildman–Crippen MR) is 51.9 cm³/mol. The van der Waals surface area contributed by atoms with Gasteiger partial charge in [-0.1, -0.05) is 0 Å². The molecule has 0 unspecified atom stereocenters. The molecule has 5 heteroatoms. The van der Waals surface area contributed by atoms with Crippen LogP contribution in [0.4, 0.5) is 0 Å². The lowest BCUT2D eigenvalue weighted by molar-refractivity contribution is 0.484. The molecule has 2 heterocycles. The first-order valence-electron chi connectivity index (χ1n) is 4.38. The second-order valence-corrected chi connectivity index (χ2v) is 3.28. The van der Waals surface area contributed by atoms with Crippen molar-refractivity contribution in [2.75, 3.05) is 0 Å². The number of aromatic nitrogens is 2. The highest BCUT2D eigenvalue weighted by atomic mass is 16.4. The van der Waals surface area contributed by atoms with Gasteiger partial charge >= 0.3 is 5.76 Å². The summed E-state index contributed by atoms with van der Waals surface area (Å²) in [6, 6.07) is 3.33. The van der Waals surface area contributed by atoms with Gasteiger partial charge in [-0.3, -0.25) is 4.57 Å². The minimum Gasteiger partial charge on any atom is -0.406 e. The van der Waals surface area contributed by atoms with Gasteiger partial charge in [0.1, 0.15) is 0 Å². The first-order chi connectivity index (χ1) is 6.68. The molecule has 5 nitrogen and oxygen atoms in total. The highest BCUT2D eigenvalue weighted by Gasteiger charge is 2.10. The second-order valence-electron chi connectivity index (χ2n) is 3.28. The Morgan fingerprint density at radius 1 is 1.71 bits per heavy atom. The van der Waals surface area contributed by atoms with Crippen LogP contribution < -0.4 is 11.5 Å². The Morgan fingerprint density at radius 2 is 2.50 bits per heavy atom. The van der Waals surface area contributed by atoms with Gasteiger partial charge in [0, 0.05) is 18.8 Å². The third-order valence-corrected chi connectivity index (χ3v) is 1.89. The molecule has 0 spiro atoms. The summed E-state index contributed by atoms with van der Waals surface area (Å²) >= 11 is 0. The summed E-state index contributed by atoms with van der Waals surface area (Å²) in [5.41, 5.74) is 6.66. The van der Waals surface area contributed by atoms with Gasteiger partial charge in [-0.2, -0.15) is 0 Å². The van der Waals surface area contributed by atoms with E-state index < -0.39 is 5.76 Å². The lowest BCUT2D eigenvalue weighted by atomic mass is 10.3. The molecule has 0 amide bonds. The molecule has 0 fully saturated rings. The van der Waals surface area contributed by atoms with E-state index in [1.54, 1.807) is 18.3 Å². The molecule has 0 saturated heterocycles. The van der Waals surface area contributed by atoms with Crippen molar-refractivity contribution in [3.8, 4) is 0 Å². The highest BCUT2D eigenvalue weighted by Crippen LogP contribution is 2.08. The fourth-order valence-electron chi connectivity index (χ4n) is 1.35. The smallest absolute Gasteiger partial charge is 0.406 e. The fourth-order valence-corrected chi connectivity index (χ4v) is 1.35. The zero-order valence-corrected chi connectivity index (χ0v) is 7.80. The van der Waals surface area contributed by atoms with Crippen LogP contribution in [0, 0.1) is 0 Å². The summed E-state index contributed by atoms with van der Waals surface area (Å²) in [5.74, 6) is -0.406. The Balaban J connectivity index is 2.62. The molecular weight excluding hydrogens is 182 g/mol. The van der Waals surface area contributed by atoms with Gasteiger partial charge in [-0.15, -0.1) is 0 Å². The Kier molecular flexibility index (Phi) is 2.09. The van der Waals surface area contributed by atoms with Gasteiger partial charge in [0.15, 0.2) is 11.2 Å². The molecule has 0 radical (unpaired) electrons. The van der Waals surface area contributed by atoms with Gasteiger partial charge in [0.05, 0.1) is 0 Å². The molecule has 74 valence electrons. The molecular formula is C9H11N3O2. The van der Waals surface area contributed by atoms with Crippen LogP contribution >= 0.6 is 0 Å². The Labute approximate surface area is 80.2 Å². The highest BCUT2D eigenvalue weighted by molar-refractivity contribution is 5.67. The summed E-state index contributed by atoms with van der Waals surface area (Å²) in [4.78, 5) is 15.4. The van der Waals surface area contributed by atoms with Gasteiger partial charge in [0.2, 0.25) is 0 Å². The number of hydrogen-bond acceptors (Lipinski definition) is 4. The van der Waals surface area contributed by atoms with Crippen molar-refractivity contribution in [1.82, 2.24) is 9.55 Å². The van der Waals surface area contributed by atoms with E-state index in [0.717, 1.165) is 0 Å². The number of fused-ring (bicyclic) bond motifs is 1. The van der Waals surface area contributed by atoms with E-state index in [-0.39, 0.29) is 6.04 Å². The molecule has 0 bridgehead atoms.